The van der Waals surface area contributed by atoms with E-state index in [1.807, 2.05) is 18.2 Å². The Morgan fingerprint density at radius 3 is 2.75 bits per heavy atom. The molecule has 0 saturated heterocycles. The van der Waals surface area contributed by atoms with Gasteiger partial charge in [-0.1, -0.05) is 18.2 Å². The second-order valence-corrected chi connectivity index (χ2v) is 4.88. The second kappa shape index (κ2) is 5.23. The van der Waals surface area contributed by atoms with Gasteiger partial charge in [0, 0.05) is 5.56 Å². The first-order chi connectivity index (χ1) is 9.69. The van der Waals surface area contributed by atoms with Crippen LogP contribution in [0.5, 0.6) is 5.75 Å². The zero-order valence-corrected chi connectivity index (χ0v) is 11.2. The van der Waals surface area contributed by atoms with Crippen LogP contribution in [0.25, 0.3) is 0 Å². The summed E-state index contributed by atoms with van der Waals surface area (Å²) in [6.07, 6.45) is 0. The number of nitrogens with two attached hydrogens (primary N) is 1. The molecule has 20 heavy (non-hydrogen) atoms. The maximum atomic E-state index is 13.4. The van der Waals surface area contributed by atoms with E-state index >= 15 is 0 Å². The summed E-state index contributed by atoms with van der Waals surface area (Å²) < 4.78 is 24.1. The molecule has 0 fully saturated rings. The van der Waals surface area contributed by atoms with E-state index in [0.29, 0.717) is 24.5 Å². The van der Waals surface area contributed by atoms with Crippen LogP contribution >= 0.6 is 0 Å². The lowest BCUT2D eigenvalue weighted by Gasteiger charge is -2.17. The van der Waals surface area contributed by atoms with Crippen LogP contribution in [-0.4, -0.2) is 7.11 Å². The molecule has 2 N–H and O–H groups in total. The first-order valence-electron chi connectivity index (χ1n) is 6.47. The van der Waals surface area contributed by atoms with Crippen molar-refractivity contribution < 1.29 is 13.9 Å². The molecule has 0 bridgehead atoms. The van der Waals surface area contributed by atoms with Crippen molar-refractivity contribution in [1.29, 1.82) is 0 Å². The van der Waals surface area contributed by atoms with Crippen molar-refractivity contribution in [3.63, 3.8) is 0 Å². The van der Waals surface area contributed by atoms with Gasteiger partial charge in [-0.3, -0.25) is 0 Å². The Hall–Kier alpha value is -1.91. The minimum absolute atomic E-state index is 0.319. The number of halogens is 1. The van der Waals surface area contributed by atoms with Crippen LogP contribution in [0.1, 0.15) is 28.3 Å². The van der Waals surface area contributed by atoms with Gasteiger partial charge >= 0.3 is 0 Å². The molecule has 2 aromatic carbocycles. The summed E-state index contributed by atoms with van der Waals surface area (Å²) in [5.41, 5.74) is 10.2. The summed E-state index contributed by atoms with van der Waals surface area (Å²) in [5, 5.41) is 0. The second-order valence-electron chi connectivity index (χ2n) is 4.88. The predicted molar refractivity (Wildman–Crippen MR) is 73.9 cm³/mol. The molecule has 1 atom stereocenters. The molecule has 3 rings (SSSR count). The van der Waals surface area contributed by atoms with Gasteiger partial charge in [0.15, 0.2) is 0 Å². The minimum atomic E-state index is -0.424. The number of benzene rings is 2. The van der Waals surface area contributed by atoms with Gasteiger partial charge in [-0.25, -0.2) is 4.39 Å². The zero-order valence-electron chi connectivity index (χ0n) is 11.2. The molecule has 3 nitrogen and oxygen atoms in total. The summed E-state index contributed by atoms with van der Waals surface area (Å²) in [5.74, 6) is 0.274. The molecule has 0 saturated carbocycles. The van der Waals surface area contributed by atoms with Gasteiger partial charge in [0.2, 0.25) is 0 Å². The monoisotopic (exact) mass is 273 g/mol. The Morgan fingerprint density at radius 2 is 1.95 bits per heavy atom. The van der Waals surface area contributed by atoms with E-state index in [1.165, 1.54) is 17.7 Å². The Kier molecular flexibility index (Phi) is 3.42. The molecule has 1 heterocycles. The fraction of sp³-hybridized carbons (Fsp3) is 0.250. The molecule has 4 heteroatoms. The molecule has 0 aromatic heterocycles. The van der Waals surface area contributed by atoms with Crippen LogP contribution in [0, 0.1) is 5.82 Å². The standard InChI is InChI=1S/C16H16FNO2/c1-19-15-5-4-13(17)7-14(15)16(18)10-2-3-11-8-20-9-12(11)6-10/h2-7,16H,8-9,18H2,1H3. The van der Waals surface area contributed by atoms with Crippen LogP contribution in [0.15, 0.2) is 36.4 Å². The van der Waals surface area contributed by atoms with Crippen molar-refractivity contribution in [2.45, 2.75) is 19.3 Å². The molecule has 1 aliphatic heterocycles. The minimum Gasteiger partial charge on any atom is -0.496 e. The van der Waals surface area contributed by atoms with E-state index in [0.717, 1.165) is 11.1 Å². The quantitative estimate of drug-likeness (QED) is 0.935. The van der Waals surface area contributed by atoms with E-state index in [1.54, 1.807) is 13.2 Å². The third kappa shape index (κ3) is 2.28. The summed E-state index contributed by atoms with van der Waals surface area (Å²) in [7, 11) is 1.56. The maximum absolute atomic E-state index is 13.4. The van der Waals surface area contributed by atoms with Crippen molar-refractivity contribution in [3.8, 4) is 5.75 Å². The number of methoxy groups -OCH3 is 1. The zero-order chi connectivity index (χ0) is 14.1. The molecule has 0 spiro atoms. The number of hydrogen-bond acceptors (Lipinski definition) is 3. The van der Waals surface area contributed by atoms with Gasteiger partial charge in [-0.05, 0) is 34.9 Å². The van der Waals surface area contributed by atoms with Gasteiger partial charge in [0.25, 0.3) is 0 Å². The largest absolute Gasteiger partial charge is 0.496 e. The SMILES string of the molecule is COc1ccc(F)cc1C(N)c1ccc2c(c1)COC2. The van der Waals surface area contributed by atoms with Crippen LogP contribution in [0.2, 0.25) is 0 Å². The molecular weight excluding hydrogens is 257 g/mol. The fourth-order valence-corrected chi connectivity index (χ4v) is 2.51. The van der Waals surface area contributed by atoms with E-state index in [-0.39, 0.29) is 5.82 Å². The molecule has 2 aromatic rings. The summed E-state index contributed by atoms with van der Waals surface area (Å²) in [6, 6.07) is 9.97. The molecule has 1 aliphatic rings. The first kappa shape index (κ1) is 13.1. The molecule has 0 aliphatic carbocycles. The van der Waals surface area contributed by atoms with Crippen LogP contribution in [0.4, 0.5) is 4.39 Å². The van der Waals surface area contributed by atoms with Crippen molar-refractivity contribution in [2.75, 3.05) is 7.11 Å². The average Bonchev–Trinajstić information content (AvgIpc) is 2.93. The van der Waals surface area contributed by atoms with Gasteiger partial charge in [0.1, 0.15) is 11.6 Å². The summed E-state index contributed by atoms with van der Waals surface area (Å²) in [6.45, 7) is 1.25. The highest BCUT2D eigenvalue weighted by atomic mass is 19.1. The molecule has 1 unspecified atom stereocenters. The molecule has 0 radical (unpaired) electrons. The van der Waals surface area contributed by atoms with Gasteiger partial charge in [0.05, 0.1) is 26.4 Å². The average molecular weight is 273 g/mol. The van der Waals surface area contributed by atoms with Crippen molar-refractivity contribution in [3.05, 3.63) is 64.5 Å². The number of ether oxygens (including phenoxy) is 2. The number of fused-ring (bicyclic) bond motifs is 1. The third-order valence-electron chi connectivity index (χ3n) is 3.63. The van der Waals surface area contributed by atoms with Crippen molar-refractivity contribution in [2.24, 2.45) is 5.73 Å². The van der Waals surface area contributed by atoms with Crippen molar-refractivity contribution >= 4 is 0 Å². The highest BCUT2D eigenvalue weighted by Crippen LogP contribution is 2.31. The highest BCUT2D eigenvalue weighted by Gasteiger charge is 2.18. The van der Waals surface area contributed by atoms with E-state index < -0.39 is 6.04 Å². The first-order valence-corrected chi connectivity index (χ1v) is 6.47. The lowest BCUT2D eigenvalue weighted by atomic mass is 9.95. The van der Waals surface area contributed by atoms with E-state index in [9.17, 15) is 4.39 Å². The third-order valence-corrected chi connectivity index (χ3v) is 3.63. The number of rotatable bonds is 3. The van der Waals surface area contributed by atoms with Crippen molar-refractivity contribution in [1.82, 2.24) is 0 Å². The normalized spacial score (nSPS) is 14.9. The smallest absolute Gasteiger partial charge is 0.124 e. The topological polar surface area (TPSA) is 44.5 Å². The van der Waals surface area contributed by atoms with Crippen LogP contribution < -0.4 is 10.5 Å². The molecule has 104 valence electrons. The van der Waals surface area contributed by atoms with E-state index in [2.05, 4.69) is 0 Å². The summed E-state index contributed by atoms with van der Waals surface area (Å²) >= 11 is 0. The Bertz CT molecular complexity index is 642. The molecular formula is C16H16FNO2. The Morgan fingerprint density at radius 1 is 1.15 bits per heavy atom. The van der Waals surface area contributed by atoms with Gasteiger partial charge < -0.3 is 15.2 Å². The van der Waals surface area contributed by atoms with Crippen LogP contribution in [-0.2, 0) is 18.0 Å². The van der Waals surface area contributed by atoms with Gasteiger partial charge in [-0.2, -0.15) is 0 Å². The lowest BCUT2D eigenvalue weighted by Crippen LogP contribution is -2.13. The lowest BCUT2D eigenvalue weighted by molar-refractivity contribution is 0.134. The summed E-state index contributed by atoms with van der Waals surface area (Å²) in [4.78, 5) is 0. The van der Waals surface area contributed by atoms with E-state index in [4.69, 9.17) is 15.2 Å². The predicted octanol–water partition coefficient (Wildman–Crippen LogP) is 2.91. The fourth-order valence-electron chi connectivity index (χ4n) is 2.51. The highest BCUT2D eigenvalue weighted by molar-refractivity contribution is 5.44. The Labute approximate surface area is 117 Å². The Balaban J connectivity index is 2.00. The maximum Gasteiger partial charge on any atom is 0.124 e. The number of hydrogen-bond donors (Lipinski definition) is 1. The van der Waals surface area contributed by atoms with Crippen LogP contribution in [0.3, 0.4) is 0 Å². The molecule has 0 amide bonds. The van der Waals surface area contributed by atoms with Gasteiger partial charge in [-0.15, -0.1) is 0 Å².